The third-order valence-corrected chi connectivity index (χ3v) is 5.88. The number of rotatable bonds is 6. The zero-order chi connectivity index (χ0) is 23.2. The molecule has 3 aromatic heterocycles. The van der Waals surface area contributed by atoms with E-state index in [0.717, 1.165) is 59.1 Å². The lowest BCUT2D eigenvalue weighted by Crippen LogP contribution is -2.53. The maximum atomic E-state index is 5.65. The van der Waals surface area contributed by atoms with Crippen molar-refractivity contribution in [3.63, 3.8) is 0 Å². The van der Waals surface area contributed by atoms with E-state index in [9.17, 15) is 0 Å². The van der Waals surface area contributed by atoms with E-state index in [1.807, 2.05) is 42.0 Å². The van der Waals surface area contributed by atoms with Crippen LogP contribution < -0.4 is 15.0 Å². The summed E-state index contributed by atoms with van der Waals surface area (Å²) in [6.45, 7) is 11.3. The molecule has 0 unspecified atom stereocenters. The van der Waals surface area contributed by atoms with E-state index in [1.54, 1.807) is 13.4 Å². The van der Waals surface area contributed by atoms with Gasteiger partial charge in [-0.25, -0.2) is 15.0 Å². The van der Waals surface area contributed by atoms with Crippen LogP contribution in [0.4, 0.5) is 17.5 Å². The van der Waals surface area contributed by atoms with Gasteiger partial charge < -0.3 is 19.5 Å². The number of ether oxygens (including phenoxy) is 1. The fraction of sp³-hybridized carbons (Fsp3) is 0.375. The Balaban J connectivity index is 1.48. The molecule has 4 aromatic rings. The Morgan fingerprint density at radius 1 is 1.15 bits per heavy atom. The molecule has 1 N–H and O–H groups in total. The molecular weight excluding hydrogens is 416 g/mol. The third kappa shape index (κ3) is 3.94. The molecule has 9 heteroatoms. The number of pyridine rings is 1. The molecule has 1 saturated heterocycles. The van der Waals surface area contributed by atoms with E-state index in [-0.39, 0.29) is 0 Å². The minimum absolute atomic E-state index is 0.295. The van der Waals surface area contributed by atoms with Crippen LogP contribution in [0, 0.1) is 12.3 Å². The number of aryl methyl sites for hydroxylation is 2. The topological polar surface area (TPSA) is 93.9 Å². The minimum Gasteiger partial charge on any atom is -0.495 e. The molecule has 1 aliphatic rings. The number of fused-ring (bicyclic) bond motifs is 1. The fourth-order valence-electron chi connectivity index (χ4n) is 4.33. The summed E-state index contributed by atoms with van der Waals surface area (Å²) >= 11 is 0. The number of nitrogens with one attached hydrogen (secondary N) is 1. The van der Waals surface area contributed by atoms with Gasteiger partial charge in [0.15, 0.2) is 11.6 Å². The Bertz CT molecular complexity index is 1320. The monoisotopic (exact) mass is 444 g/mol. The second kappa shape index (κ2) is 7.99. The van der Waals surface area contributed by atoms with Crippen LogP contribution in [0.1, 0.15) is 26.5 Å². The molecule has 0 spiro atoms. The van der Waals surface area contributed by atoms with Gasteiger partial charge in [0.05, 0.1) is 12.8 Å². The van der Waals surface area contributed by atoms with Crippen LogP contribution in [0.25, 0.3) is 22.3 Å². The Hall–Kier alpha value is -3.75. The lowest BCUT2D eigenvalue weighted by Gasteiger charge is -2.46. The normalized spacial score (nSPS) is 14.9. The van der Waals surface area contributed by atoms with Gasteiger partial charge in [-0.1, -0.05) is 13.8 Å². The van der Waals surface area contributed by atoms with Crippen molar-refractivity contribution < 1.29 is 4.74 Å². The van der Waals surface area contributed by atoms with E-state index in [2.05, 4.69) is 46.2 Å². The predicted octanol–water partition coefficient (Wildman–Crippen LogP) is 4.21. The highest BCUT2D eigenvalue weighted by Gasteiger charge is 2.36. The van der Waals surface area contributed by atoms with Crippen LogP contribution in [0.2, 0.25) is 0 Å². The molecule has 1 aliphatic heterocycles. The summed E-state index contributed by atoms with van der Waals surface area (Å²) in [4.78, 5) is 16.4. The lowest BCUT2D eigenvalue weighted by atomic mass is 9.84. The van der Waals surface area contributed by atoms with Crippen LogP contribution >= 0.6 is 0 Å². The van der Waals surface area contributed by atoms with Crippen molar-refractivity contribution >= 4 is 28.4 Å². The zero-order valence-corrected chi connectivity index (χ0v) is 19.6. The van der Waals surface area contributed by atoms with Crippen LogP contribution in [0.3, 0.4) is 0 Å². The quantitative estimate of drug-likeness (QED) is 0.473. The summed E-state index contributed by atoms with van der Waals surface area (Å²) in [6, 6.07) is 7.90. The summed E-state index contributed by atoms with van der Waals surface area (Å²) in [6.07, 6.45) is 3.57. The Morgan fingerprint density at radius 3 is 2.70 bits per heavy atom. The average Bonchev–Trinajstić information content (AvgIpc) is 3.26. The van der Waals surface area contributed by atoms with Gasteiger partial charge in [0.1, 0.15) is 17.6 Å². The molecule has 0 atom stereocenters. The molecule has 170 valence electrons. The van der Waals surface area contributed by atoms with Gasteiger partial charge in [0.25, 0.3) is 0 Å². The van der Waals surface area contributed by atoms with E-state index in [1.165, 1.54) is 0 Å². The lowest BCUT2D eigenvalue weighted by molar-refractivity contribution is 0.275. The first kappa shape index (κ1) is 21.1. The fourth-order valence-corrected chi connectivity index (χ4v) is 4.33. The van der Waals surface area contributed by atoms with Gasteiger partial charge in [-0.05, 0) is 43.5 Å². The number of hydrogen-bond acceptors (Lipinski definition) is 8. The number of methoxy groups -OCH3 is 1. The van der Waals surface area contributed by atoms with Crippen molar-refractivity contribution in [2.75, 3.05) is 30.4 Å². The SMILES string of the molecule is CCn1cnnc1-c1ccc(Nc2ncc3cc(C)nc(N4CC(C)(C)C4)c3n2)c(OC)c1. The van der Waals surface area contributed by atoms with Crippen molar-refractivity contribution in [1.82, 2.24) is 29.7 Å². The molecule has 0 bridgehead atoms. The minimum atomic E-state index is 0.295. The summed E-state index contributed by atoms with van der Waals surface area (Å²) in [5.74, 6) is 2.88. The summed E-state index contributed by atoms with van der Waals surface area (Å²) in [5, 5.41) is 12.6. The molecule has 0 radical (unpaired) electrons. The van der Waals surface area contributed by atoms with Crippen LogP contribution in [0.15, 0.2) is 36.8 Å². The van der Waals surface area contributed by atoms with Crippen LogP contribution in [-0.4, -0.2) is 49.9 Å². The van der Waals surface area contributed by atoms with Crippen LogP contribution in [0.5, 0.6) is 5.75 Å². The molecule has 9 nitrogen and oxygen atoms in total. The standard InChI is InChI=1S/C24H28N8O/c1-6-31-14-26-30-21(31)16-7-8-18(19(10-16)33-5)28-23-25-11-17-9-15(2)27-22(20(17)29-23)32-12-24(3,4)13-32/h7-11,14H,6,12-13H2,1-5H3,(H,25,28,29). The van der Waals surface area contributed by atoms with Gasteiger partial charge in [-0.15, -0.1) is 10.2 Å². The first-order chi connectivity index (χ1) is 15.9. The van der Waals surface area contributed by atoms with Crippen molar-refractivity contribution in [1.29, 1.82) is 0 Å². The summed E-state index contributed by atoms with van der Waals surface area (Å²) in [7, 11) is 1.65. The number of nitrogens with zero attached hydrogens (tertiary/aromatic N) is 7. The van der Waals surface area contributed by atoms with Gasteiger partial charge in [0.2, 0.25) is 5.95 Å². The maximum absolute atomic E-state index is 5.65. The summed E-state index contributed by atoms with van der Waals surface area (Å²) in [5.41, 5.74) is 3.81. The van der Waals surface area contributed by atoms with E-state index >= 15 is 0 Å². The molecule has 1 fully saturated rings. The molecule has 0 amide bonds. The number of anilines is 3. The van der Waals surface area contributed by atoms with Crippen molar-refractivity contribution in [2.45, 2.75) is 34.2 Å². The predicted molar refractivity (Wildman–Crippen MR) is 129 cm³/mol. The first-order valence-corrected chi connectivity index (χ1v) is 11.1. The highest BCUT2D eigenvalue weighted by Crippen LogP contribution is 2.36. The molecular formula is C24H28N8O. The Morgan fingerprint density at radius 2 is 1.97 bits per heavy atom. The second-order valence-corrected chi connectivity index (χ2v) is 9.22. The third-order valence-electron chi connectivity index (χ3n) is 5.88. The highest BCUT2D eigenvalue weighted by atomic mass is 16.5. The average molecular weight is 445 g/mol. The summed E-state index contributed by atoms with van der Waals surface area (Å²) < 4.78 is 7.64. The highest BCUT2D eigenvalue weighted by molar-refractivity contribution is 5.90. The van der Waals surface area contributed by atoms with E-state index in [0.29, 0.717) is 17.1 Å². The van der Waals surface area contributed by atoms with Crippen molar-refractivity contribution in [3.8, 4) is 17.1 Å². The number of benzene rings is 1. The van der Waals surface area contributed by atoms with Gasteiger partial charge >= 0.3 is 0 Å². The van der Waals surface area contributed by atoms with Gasteiger partial charge in [-0.2, -0.15) is 0 Å². The molecule has 0 aliphatic carbocycles. The van der Waals surface area contributed by atoms with E-state index < -0.39 is 0 Å². The van der Waals surface area contributed by atoms with Crippen LogP contribution in [-0.2, 0) is 6.54 Å². The Kier molecular flexibility index (Phi) is 5.11. The van der Waals surface area contributed by atoms with Crippen molar-refractivity contribution in [3.05, 3.63) is 42.5 Å². The number of hydrogen-bond donors (Lipinski definition) is 1. The van der Waals surface area contributed by atoms with Gasteiger partial charge in [0, 0.05) is 42.5 Å². The molecule has 0 saturated carbocycles. The smallest absolute Gasteiger partial charge is 0.227 e. The maximum Gasteiger partial charge on any atom is 0.227 e. The van der Waals surface area contributed by atoms with E-state index in [4.69, 9.17) is 14.7 Å². The molecule has 5 rings (SSSR count). The first-order valence-electron chi connectivity index (χ1n) is 11.1. The Labute approximate surface area is 192 Å². The largest absolute Gasteiger partial charge is 0.495 e. The molecule has 1 aromatic carbocycles. The second-order valence-electron chi connectivity index (χ2n) is 9.22. The van der Waals surface area contributed by atoms with Crippen molar-refractivity contribution in [2.24, 2.45) is 5.41 Å². The molecule has 4 heterocycles. The zero-order valence-electron chi connectivity index (χ0n) is 19.6. The number of aromatic nitrogens is 6. The molecule has 33 heavy (non-hydrogen) atoms. The van der Waals surface area contributed by atoms with Gasteiger partial charge in [-0.3, -0.25) is 0 Å².